The van der Waals surface area contributed by atoms with Gasteiger partial charge in [0.15, 0.2) is 6.23 Å². The summed E-state index contributed by atoms with van der Waals surface area (Å²) in [7, 11) is 2.08. The van der Waals surface area contributed by atoms with E-state index in [9.17, 15) is 4.79 Å². The Morgan fingerprint density at radius 2 is 2.50 bits per heavy atom. The molecule has 0 N–H and O–H groups in total. The Bertz CT molecular complexity index is 354. The Morgan fingerprint density at radius 3 is 3.17 bits per heavy atom. The quantitative estimate of drug-likeness (QED) is 0.529. The number of nitrogens with zero attached hydrogens (tertiary/aromatic N) is 2. The van der Waals surface area contributed by atoms with Crippen LogP contribution in [0.15, 0.2) is 24.4 Å². The summed E-state index contributed by atoms with van der Waals surface area (Å²) >= 11 is 0. The molecule has 0 saturated carbocycles. The average molecular weight is 252 g/mol. The van der Waals surface area contributed by atoms with Gasteiger partial charge in [0.1, 0.15) is 6.61 Å². The first-order valence-corrected chi connectivity index (χ1v) is 6.28. The third-order valence-electron chi connectivity index (χ3n) is 3.29. The van der Waals surface area contributed by atoms with Crippen molar-refractivity contribution in [1.29, 1.82) is 0 Å². The van der Waals surface area contributed by atoms with Crippen LogP contribution in [0.3, 0.4) is 0 Å². The highest BCUT2D eigenvalue weighted by atomic mass is 16.5. The predicted molar refractivity (Wildman–Crippen MR) is 67.8 cm³/mol. The number of carbonyl (C=O) groups excluding carboxylic acids is 1. The van der Waals surface area contributed by atoms with Crippen LogP contribution in [0.5, 0.6) is 0 Å². The van der Waals surface area contributed by atoms with Crippen molar-refractivity contribution in [3.8, 4) is 0 Å². The molecule has 2 aliphatic rings. The minimum Gasteiger partial charge on any atom is -0.461 e. The molecule has 18 heavy (non-hydrogen) atoms. The highest BCUT2D eigenvalue weighted by molar-refractivity contribution is 5.81. The van der Waals surface area contributed by atoms with E-state index in [2.05, 4.69) is 29.5 Å². The number of carbonyl (C=O) groups is 1. The molecule has 2 rings (SSSR count). The number of likely N-dealkylation sites (N-methyl/N-ethyl adjacent to an activating group) is 1. The molecular formula is C13H20N2O3. The molecule has 1 unspecified atom stereocenters. The molecule has 0 amide bonds. The van der Waals surface area contributed by atoms with Crippen LogP contribution in [-0.2, 0) is 14.3 Å². The van der Waals surface area contributed by atoms with E-state index in [1.54, 1.807) is 0 Å². The summed E-state index contributed by atoms with van der Waals surface area (Å²) < 4.78 is 10.8. The Balaban J connectivity index is 1.84. The van der Waals surface area contributed by atoms with Crippen LogP contribution in [0.2, 0.25) is 0 Å². The van der Waals surface area contributed by atoms with Crippen LogP contribution in [-0.4, -0.2) is 61.9 Å². The molecule has 5 heteroatoms. The van der Waals surface area contributed by atoms with E-state index in [1.165, 1.54) is 11.8 Å². The molecule has 0 aromatic heterocycles. The fraction of sp³-hybridized carbons (Fsp3) is 0.615. The Labute approximate surface area is 108 Å². The SMILES string of the molecule is C=CC(=O)OCCN1CCOC1C1=CCCN1C. The number of hydrogen-bond acceptors (Lipinski definition) is 5. The van der Waals surface area contributed by atoms with E-state index in [1.807, 2.05) is 0 Å². The van der Waals surface area contributed by atoms with Crippen molar-refractivity contribution in [2.75, 3.05) is 39.9 Å². The van der Waals surface area contributed by atoms with Crippen molar-refractivity contribution in [3.63, 3.8) is 0 Å². The van der Waals surface area contributed by atoms with Crippen LogP contribution in [0, 0.1) is 0 Å². The van der Waals surface area contributed by atoms with E-state index >= 15 is 0 Å². The fourth-order valence-electron chi connectivity index (χ4n) is 2.31. The molecule has 0 bridgehead atoms. The summed E-state index contributed by atoms with van der Waals surface area (Å²) in [4.78, 5) is 15.4. The van der Waals surface area contributed by atoms with Gasteiger partial charge in [0.2, 0.25) is 0 Å². The monoisotopic (exact) mass is 252 g/mol. The Hall–Kier alpha value is -1.33. The zero-order valence-electron chi connectivity index (χ0n) is 10.8. The molecular weight excluding hydrogens is 232 g/mol. The summed E-state index contributed by atoms with van der Waals surface area (Å²) in [5.41, 5.74) is 1.22. The third-order valence-corrected chi connectivity index (χ3v) is 3.29. The molecule has 0 aliphatic carbocycles. The second kappa shape index (κ2) is 6.02. The zero-order valence-corrected chi connectivity index (χ0v) is 10.8. The minimum atomic E-state index is -0.371. The second-order valence-corrected chi connectivity index (χ2v) is 4.47. The van der Waals surface area contributed by atoms with E-state index in [0.717, 1.165) is 26.1 Å². The van der Waals surface area contributed by atoms with Crippen LogP contribution in [0.4, 0.5) is 0 Å². The predicted octanol–water partition coefficient (Wildman–Crippen LogP) is 0.593. The zero-order chi connectivity index (χ0) is 13.0. The first-order valence-electron chi connectivity index (χ1n) is 6.28. The molecule has 0 radical (unpaired) electrons. The van der Waals surface area contributed by atoms with Gasteiger partial charge in [-0.3, -0.25) is 4.90 Å². The molecule has 0 spiro atoms. The maximum absolute atomic E-state index is 11.0. The smallest absolute Gasteiger partial charge is 0.330 e. The highest BCUT2D eigenvalue weighted by Crippen LogP contribution is 2.24. The van der Waals surface area contributed by atoms with Crippen molar-refractivity contribution in [2.24, 2.45) is 0 Å². The Kier molecular flexibility index (Phi) is 4.38. The third kappa shape index (κ3) is 2.91. The summed E-state index contributed by atoms with van der Waals surface area (Å²) in [6.45, 7) is 7.09. The van der Waals surface area contributed by atoms with Gasteiger partial charge in [0, 0.05) is 32.8 Å². The second-order valence-electron chi connectivity index (χ2n) is 4.47. The normalized spacial score (nSPS) is 24.2. The molecule has 5 nitrogen and oxygen atoms in total. The minimum absolute atomic E-state index is 0.0138. The van der Waals surface area contributed by atoms with Gasteiger partial charge in [-0.1, -0.05) is 12.7 Å². The van der Waals surface area contributed by atoms with Crippen LogP contribution in [0.25, 0.3) is 0 Å². The number of hydrogen-bond donors (Lipinski definition) is 0. The van der Waals surface area contributed by atoms with Gasteiger partial charge in [-0.05, 0) is 6.42 Å². The first-order chi connectivity index (χ1) is 8.72. The molecule has 1 fully saturated rings. The van der Waals surface area contributed by atoms with Crippen molar-refractivity contribution in [3.05, 3.63) is 24.4 Å². The first kappa shape index (κ1) is 13.1. The van der Waals surface area contributed by atoms with Crippen molar-refractivity contribution in [2.45, 2.75) is 12.6 Å². The Morgan fingerprint density at radius 1 is 1.67 bits per heavy atom. The van der Waals surface area contributed by atoms with Crippen molar-refractivity contribution < 1.29 is 14.3 Å². The van der Waals surface area contributed by atoms with Crippen LogP contribution in [0.1, 0.15) is 6.42 Å². The van der Waals surface area contributed by atoms with Crippen molar-refractivity contribution >= 4 is 5.97 Å². The lowest BCUT2D eigenvalue weighted by Crippen LogP contribution is -2.38. The average Bonchev–Trinajstić information content (AvgIpc) is 2.97. The van der Waals surface area contributed by atoms with E-state index in [0.29, 0.717) is 13.2 Å². The lowest BCUT2D eigenvalue weighted by Gasteiger charge is -2.28. The van der Waals surface area contributed by atoms with E-state index < -0.39 is 0 Å². The summed E-state index contributed by atoms with van der Waals surface area (Å²) in [5.74, 6) is -0.371. The van der Waals surface area contributed by atoms with Gasteiger partial charge in [-0.25, -0.2) is 4.79 Å². The van der Waals surface area contributed by atoms with Gasteiger partial charge in [-0.2, -0.15) is 0 Å². The van der Waals surface area contributed by atoms with Gasteiger partial charge >= 0.3 is 5.97 Å². The maximum atomic E-state index is 11.0. The van der Waals surface area contributed by atoms with Crippen LogP contribution < -0.4 is 0 Å². The summed E-state index contributed by atoms with van der Waals surface area (Å²) in [6.07, 6.45) is 4.49. The number of rotatable bonds is 5. The molecule has 0 aromatic carbocycles. The molecule has 1 atom stereocenters. The van der Waals surface area contributed by atoms with Crippen molar-refractivity contribution in [1.82, 2.24) is 9.80 Å². The number of esters is 1. The lowest BCUT2D eigenvalue weighted by molar-refractivity contribution is -0.138. The van der Waals surface area contributed by atoms with Gasteiger partial charge < -0.3 is 14.4 Å². The summed E-state index contributed by atoms with van der Waals surface area (Å²) in [5, 5.41) is 0. The standard InChI is InChI=1S/C13H20N2O3/c1-3-12(16)17-9-7-15-8-10-18-13(15)11-5-4-6-14(11)2/h3,5,13H,1,4,6-10H2,2H3. The number of ether oxygens (including phenoxy) is 2. The van der Waals surface area contributed by atoms with Gasteiger partial charge in [0.05, 0.1) is 12.3 Å². The molecule has 100 valence electrons. The van der Waals surface area contributed by atoms with Gasteiger partial charge in [0.25, 0.3) is 0 Å². The molecule has 1 saturated heterocycles. The molecule has 0 aromatic rings. The lowest BCUT2D eigenvalue weighted by atomic mass is 10.3. The van der Waals surface area contributed by atoms with Gasteiger partial charge in [-0.15, -0.1) is 0 Å². The topological polar surface area (TPSA) is 42.0 Å². The largest absolute Gasteiger partial charge is 0.461 e. The van der Waals surface area contributed by atoms with E-state index in [4.69, 9.17) is 9.47 Å². The van der Waals surface area contributed by atoms with Crippen LogP contribution >= 0.6 is 0 Å². The summed E-state index contributed by atoms with van der Waals surface area (Å²) in [6, 6.07) is 0. The fourth-order valence-corrected chi connectivity index (χ4v) is 2.31. The molecule has 2 aliphatic heterocycles. The maximum Gasteiger partial charge on any atom is 0.330 e. The molecule has 2 heterocycles. The highest BCUT2D eigenvalue weighted by Gasteiger charge is 2.31. The van der Waals surface area contributed by atoms with E-state index in [-0.39, 0.29) is 12.2 Å².